The average Bonchev–Trinajstić information content (AvgIpc) is 3.05. The van der Waals surface area contributed by atoms with E-state index in [4.69, 9.17) is 10.1 Å². The fourth-order valence-corrected chi connectivity index (χ4v) is 4.06. The average molecular weight is 398 g/mol. The number of thioether (sulfide) groups is 1. The lowest BCUT2D eigenvalue weighted by atomic mass is 10.0. The van der Waals surface area contributed by atoms with Gasteiger partial charge in [0.15, 0.2) is 0 Å². The molecule has 5 nitrogen and oxygen atoms in total. The molecular formula is C22H31N5S. The van der Waals surface area contributed by atoms with E-state index in [1.54, 1.807) is 11.8 Å². The van der Waals surface area contributed by atoms with Crippen LogP contribution in [0.25, 0.3) is 16.8 Å². The van der Waals surface area contributed by atoms with Gasteiger partial charge in [-0.25, -0.2) is 14.5 Å². The molecule has 0 spiro atoms. The molecule has 0 aliphatic carbocycles. The van der Waals surface area contributed by atoms with Gasteiger partial charge in [-0.1, -0.05) is 40.2 Å². The van der Waals surface area contributed by atoms with Crippen LogP contribution in [0.3, 0.4) is 0 Å². The van der Waals surface area contributed by atoms with Gasteiger partial charge < -0.3 is 5.32 Å². The maximum Gasteiger partial charge on any atom is 0.223 e. The second kappa shape index (κ2) is 9.41. The number of aromatic nitrogens is 4. The van der Waals surface area contributed by atoms with E-state index in [9.17, 15) is 0 Å². The normalized spacial score (nSPS) is 12.6. The summed E-state index contributed by atoms with van der Waals surface area (Å²) >= 11 is 1.71. The summed E-state index contributed by atoms with van der Waals surface area (Å²) < 4.78 is 2.05. The Kier molecular flexibility index (Phi) is 6.94. The smallest absolute Gasteiger partial charge is 0.223 e. The molecule has 1 unspecified atom stereocenters. The van der Waals surface area contributed by atoms with Crippen molar-refractivity contribution in [2.45, 2.75) is 64.4 Å². The molecule has 28 heavy (non-hydrogen) atoms. The monoisotopic (exact) mass is 397 g/mol. The van der Waals surface area contributed by atoms with Gasteiger partial charge in [-0.3, -0.25) is 0 Å². The van der Waals surface area contributed by atoms with E-state index < -0.39 is 0 Å². The third-order valence-electron chi connectivity index (χ3n) is 4.88. The molecule has 0 radical (unpaired) electrons. The molecule has 0 aliphatic heterocycles. The van der Waals surface area contributed by atoms with Crippen molar-refractivity contribution in [1.29, 1.82) is 0 Å². The van der Waals surface area contributed by atoms with E-state index in [-0.39, 0.29) is 0 Å². The Balaban J connectivity index is 2.08. The minimum Gasteiger partial charge on any atom is -0.351 e. The lowest BCUT2D eigenvalue weighted by Crippen LogP contribution is -2.19. The fourth-order valence-electron chi connectivity index (χ4n) is 3.53. The first-order valence-electron chi connectivity index (χ1n) is 10.2. The van der Waals surface area contributed by atoms with Gasteiger partial charge in [0.1, 0.15) is 0 Å². The SMILES string of the molecule is CCCC(CC)Nc1nccc(-c2c(CC(C)C)nn3c(SC)cccc23)n1. The van der Waals surface area contributed by atoms with Gasteiger partial charge in [0.25, 0.3) is 0 Å². The summed E-state index contributed by atoms with van der Waals surface area (Å²) in [5, 5.41) is 9.59. The zero-order valence-corrected chi connectivity index (χ0v) is 18.4. The Morgan fingerprint density at radius 3 is 2.68 bits per heavy atom. The predicted molar refractivity (Wildman–Crippen MR) is 119 cm³/mol. The first-order valence-corrected chi connectivity index (χ1v) is 11.4. The van der Waals surface area contributed by atoms with E-state index in [0.717, 1.165) is 53.2 Å². The number of fused-ring (bicyclic) bond motifs is 1. The van der Waals surface area contributed by atoms with Crippen molar-refractivity contribution in [3.63, 3.8) is 0 Å². The molecule has 150 valence electrons. The van der Waals surface area contributed by atoms with Gasteiger partial charge in [0.2, 0.25) is 5.95 Å². The summed E-state index contributed by atoms with van der Waals surface area (Å²) in [6.45, 7) is 8.87. The molecule has 0 fully saturated rings. The van der Waals surface area contributed by atoms with Crippen molar-refractivity contribution in [2.24, 2.45) is 5.92 Å². The predicted octanol–water partition coefficient (Wildman–Crippen LogP) is 5.70. The molecule has 1 atom stereocenters. The lowest BCUT2D eigenvalue weighted by molar-refractivity contribution is 0.617. The summed E-state index contributed by atoms with van der Waals surface area (Å²) in [6.07, 6.45) is 8.19. The van der Waals surface area contributed by atoms with E-state index in [2.05, 4.69) is 67.0 Å². The molecule has 0 saturated carbocycles. The third-order valence-corrected chi connectivity index (χ3v) is 5.61. The molecule has 0 aromatic carbocycles. The summed E-state index contributed by atoms with van der Waals surface area (Å²) in [6, 6.07) is 8.74. The van der Waals surface area contributed by atoms with Crippen LogP contribution in [0.5, 0.6) is 0 Å². The van der Waals surface area contributed by atoms with Crippen LogP contribution < -0.4 is 5.32 Å². The van der Waals surface area contributed by atoms with Crippen LogP contribution in [0, 0.1) is 5.92 Å². The molecule has 0 aliphatic rings. The van der Waals surface area contributed by atoms with E-state index >= 15 is 0 Å². The van der Waals surface area contributed by atoms with E-state index in [1.807, 2.05) is 12.3 Å². The number of nitrogens with one attached hydrogen (secondary N) is 1. The second-order valence-corrected chi connectivity index (χ2v) is 8.42. The molecule has 0 saturated heterocycles. The van der Waals surface area contributed by atoms with Crippen molar-refractivity contribution in [3.05, 3.63) is 36.2 Å². The first-order chi connectivity index (χ1) is 13.6. The van der Waals surface area contributed by atoms with Crippen molar-refractivity contribution in [2.75, 3.05) is 11.6 Å². The van der Waals surface area contributed by atoms with Crippen molar-refractivity contribution in [1.82, 2.24) is 19.6 Å². The number of anilines is 1. The van der Waals surface area contributed by atoms with Crippen LogP contribution >= 0.6 is 11.8 Å². The van der Waals surface area contributed by atoms with Crippen LogP contribution in [0.15, 0.2) is 35.5 Å². The third kappa shape index (κ3) is 4.49. The molecule has 3 rings (SSSR count). The highest BCUT2D eigenvalue weighted by Gasteiger charge is 2.19. The lowest BCUT2D eigenvalue weighted by Gasteiger charge is -2.16. The van der Waals surface area contributed by atoms with Crippen molar-refractivity contribution in [3.8, 4) is 11.3 Å². The topological polar surface area (TPSA) is 55.1 Å². The van der Waals surface area contributed by atoms with Gasteiger partial charge >= 0.3 is 0 Å². The Morgan fingerprint density at radius 1 is 1.18 bits per heavy atom. The van der Waals surface area contributed by atoms with Crippen LogP contribution in [0.2, 0.25) is 0 Å². The first kappa shape index (κ1) is 20.6. The standard InChI is InChI=1S/C22H31N5S/c1-6-9-16(7-2)24-22-23-13-12-17(25-22)21-18(14-15(3)4)26-27-19(21)10-8-11-20(27)28-5/h8,10-13,15-16H,6-7,9,14H2,1-5H3,(H,23,24,25). The maximum atomic E-state index is 4.95. The molecule has 1 N–H and O–H groups in total. The van der Waals surface area contributed by atoms with Crippen LogP contribution in [0.1, 0.15) is 52.7 Å². The number of pyridine rings is 1. The molecule has 0 bridgehead atoms. The highest BCUT2D eigenvalue weighted by Crippen LogP contribution is 2.31. The molecule has 3 aromatic rings. The van der Waals surface area contributed by atoms with Crippen molar-refractivity contribution < 1.29 is 0 Å². The Morgan fingerprint density at radius 2 is 2.00 bits per heavy atom. The summed E-state index contributed by atoms with van der Waals surface area (Å²) in [5.74, 6) is 1.23. The molecule has 3 aromatic heterocycles. The fraction of sp³-hybridized carbons (Fsp3) is 0.500. The van der Waals surface area contributed by atoms with Crippen LogP contribution in [-0.4, -0.2) is 31.9 Å². The quantitative estimate of drug-likeness (QED) is 0.469. The molecular weight excluding hydrogens is 366 g/mol. The Hall–Kier alpha value is -2.08. The number of rotatable bonds is 9. The highest BCUT2D eigenvalue weighted by molar-refractivity contribution is 7.98. The summed E-state index contributed by atoms with van der Waals surface area (Å²) in [4.78, 5) is 9.35. The van der Waals surface area contributed by atoms with Crippen LogP contribution in [-0.2, 0) is 6.42 Å². The molecule has 3 heterocycles. The maximum absolute atomic E-state index is 4.95. The minimum absolute atomic E-state index is 0.405. The highest BCUT2D eigenvalue weighted by atomic mass is 32.2. The number of hydrogen-bond acceptors (Lipinski definition) is 5. The molecule has 6 heteroatoms. The van der Waals surface area contributed by atoms with Crippen molar-refractivity contribution >= 4 is 23.2 Å². The van der Waals surface area contributed by atoms with Gasteiger partial charge in [-0.2, -0.15) is 5.10 Å². The zero-order valence-electron chi connectivity index (χ0n) is 17.6. The van der Waals surface area contributed by atoms with Gasteiger partial charge in [-0.15, -0.1) is 11.8 Å². The Bertz CT molecular complexity index is 918. The number of hydrogen-bond donors (Lipinski definition) is 1. The van der Waals surface area contributed by atoms with E-state index in [1.165, 1.54) is 0 Å². The van der Waals surface area contributed by atoms with E-state index in [0.29, 0.717) is 17.9 Å². The molecule has 0 amide bonds. The summed E-state index contributed by atoms with van der Waals surface area (Å²) in [7, 11) is 0. The largest absolute Gasteiger partial charge is 0.351 e. The van der Waals surface area contributed by atoms with Gasteiger partial charge in [0, 0.05) is 17.8 Å². The van der Waals surface area contributed by atoms with Gasteiger partial charge in [-0.05, 0) is 49.6 Å². The van der Waals surface area contributed by atoms with Crippen LogP contribution in [0.4, 0.5) is 5.95 Å². The zero-order chi connectivity index (χ0) is 20.1. The minimum atomic E-state index is 0.405. The Labute approximate surface area is 172 Å². The summed E-state index contributed by atoms with van der Waals surface area (Å²) in [5.41, 5.74) is 4.26. The second-order valence-electron chi connectivity index (χ2n) is 7.59. The van der Waals surface area contributed by atoms with Gasteiger partial charge in [0.05, 0.1) is 21.9 Å². The number of nitrogens with zero attached hydrogens (tertiary/aromatic N) is 4.